The minimum absolute atomic E-state index is 0.0435. The van der Waals surface area contributed by atoms with E-state index in [9.17, 15) is 9.18 Å². The number of halogens is 1. The van der Waals surface area contributed by atoms with E-state index in [-0.39, 0.29) is 18.3 Å². The standard InChI is InChI=1S/C12H12FN3O/c13-11-2-1-9(6-14)5-10(11)8-16-4-3-15-7-12(16)17/h1-2,5,15H,3-4,7-8H2. The van der Waals surface area contributed by atoms with Crippen molar-refractivity contribution in [3.8, 4) is 6.07 Å². The average molecular weight is 233 g/mol. The summed E-state index contributed by atoms with van der Waals surface area (Å²) < 4.78 is 13.5. The van der Waals surface area contributed by atoms with Gasteiger partial charge in [-0.3, -0.25) is 4.79 Å². The van der Waals surface area contributed by atoms with E-state index in [1.807, 2.05) is 6.07 Å². The Morgan fingerprint density at radius 1 is 1.53 bits per heavy atom. The molecule has 0 unspecified atom stereocenters. The molecule has 1 amide bonds. The van der Waals surface area contributed by atoms with Gasteiger partial charge in [-0.25, -0.2) is 4.39 Å². The Kier molecular flexibility index (Phi) is 3.35. The van der Waals surface area contributed by atoms with E-state index < -0.39 is 0 Å². The van der Waals surface area contributed by atoms with Crippen molar-refractivity contribution in [2.75, 3.05) is 19.6 Å². The van der Waals surface area contributed by atoms with Crippen molar-refractivity contribution in [2.24, 2.45) is 0 Å². The first-order valence-electron chi connectivity index (χ1n) is 5.38. The molecule has 4 nitrogen and oxygen atoms in total. The van der Waals surface area contributed by atoms with E-state index >= 15 is 0 Å². The van der Waals surface area contributed by atoms with Crippen LogP contribution in [0.4, 0.5) is 4.39 Å². The maximum absolute atomic E-state index is 13.5. The number of hydrogen-bond acceptors (Lipinski definition) is 3. The molecule has 0 spiro atoms. The topological polar surface area (TPSA) is 56.1 Å². The molecule has 1 N–H and O–H groups in total. The van der Waals surface area contributed by atoms with Crippen molar-refractivity contribution in [3.05, 3.63) is 35.1 Å². The molecule has 0 aliphatic carbocycles. The van der Waals surface area contributed by atoms with Gasteiger partial charge in [0, 0.05) is 25.2 Å². The highest BCUT2D eigenvalue weighted by Gasteiger charge is 2.19. The summed E-state index contributed by atoms with van der Waals surface area (Å²) >= 11 is 0. The average Bonchev–Trinajstić information content (AvgIpc) is 2.35. The highest BCUT2D eigenvalue weighted by atomic mass is 19.1. The third-order valence-corrected chi connectivity index (χ3v) is 2.72. The number of amides is 1. The fraction of sp³-hybridized carbons (Fsp3) is 0.333. The maximum Gasteiger partial charge on any atom is 0.236 e. The second kappa shape index (κ2) is 4.93. The zero-order valence-corrected chi connectivity index (χ0v) is 9.24. The molecular weight excluding hydrogens is 221 g/mol. The van der Waals surface area contributed by atoms with Crippen LogP contribution in [0.25, 0.3) is 0 Å². The number of hydrogen-bond donors (Lipinski definition) is 1. The summed E-state index contributed by atoms with van der Waals surface area (Å²) in [5.41, 5.74) is 0.795. The van der Waals surface area contributed by atoms with Gasteiger partial charge in [-0.1, -0.05) is 0 Å². The van der Waals surface area contributed by atoms with Crippen LogP contribution in [-0.2, 0) is 11.3 Å². The third kappa shape index (κ3) is 2.60. The molecule has 1 aromatic rings. The molecule has 0 saturated carbocycles. The minimum atomic E-state index is -0.379. The molecule has 5 heteroatoms. The number of nitrogens with zero attached hydrogens (tertiary/aromatic N) is 2. The van der Waals surface area contributed by atoms with E-state index in [0.29, 0.717) is 30.8 Å². The highest BCUT2D eigenvalue weighted by molar-refractivity contribution is 5.79. The van der Waals surface area contributed by atoms with Gasteiger partial charge in [0.2, 0.25) is 5.91 Å². The van der Waals surface area contributed by atoms with Crippen molar-refractivity contribution in [3.63, 3.8) is 0 Å². The second-order valence-corrected chi connectivity index (χ2v) is 3.91. The Morgan fingerprint density at radius 2 is 2.35 bits per heavy atom. The van der Waals surface area contributed by atoms with Crippen LogP contribution < -0.4 is 5.32 Å². The van der Waals surface area contributed by atoms with Crippen molar-refractivity contribution in [1.29, 1.82) is 5.26 Å². The Balaban J connectivity index is 2.17. The summed E-state index contributed by atoms with van der Waals surface area (Å²) in [7, 11) is 0. The fourth-order valence-electron chi connectivity index (χ4n) is 1.78. The van der Waals surface area contributed by atoms with Crippen LogP contribution in [0, 0.1) is 17.1 Å². The van der Waals surface area contributed by atoms with Crippen LogP contribution >= 0.6 is 0 Å². The Morgan fingerprint density at radius 3 is 3.06 bits per heavy atom. The summed E-state index contributed by atoms with van der Waals surface area (Å²) in [6.45, 7) is 1.79. The maximum atomic E-state index is 13.5. The van der Waals surface area contributed by atoms with Crippen LogP contribution in [-0.4, -0.2) is 30.4 Å². The van der Waals surface area contributed by atoms with E-state index in [4.69, 9.17) is 5.26 Å². The van der Waals surface area contributed by atoms with Gasteiger partial charge in [0.25, 0.3) is 0 Å². The van der Waals surface area contributed by atoms with Crippen molar-refractivity contribution in [2.45, 2.75) is 6.54 Å². The molecule has 1 aliphatic heterocycles. The van der Waals surface area contributed by atoms with Gasteiger partial charge in [-0.15, -0.1) is 0 Å². The second-order valence-electron chi connectivity index (χ2n) is 3.91. The summed E-state index contributed by atoms with van der Waals surface area (Å²) in [6, 6.07) is 6.14. The molecule has 17 heavy (non-hydrogen) atoms. The van der Waals surface area contributed by atoms with Crippen LogP contribution in [0.5, 0.6) is 0 Å². The zero-order chi connectivity index (χ0) is 12.3. The first-order valence-corrected chi connectivity index (χ1v) is 5.38. The highest BCUT2D eigenvalue weighted by Crippen LogP contribution is 2.13. The van der Waals surface area contributed by atoms with Gasteiger partial charge in [0.1, 0.15) is 5.82 Å². The molecule has 0 atom stereocenters. The SMILES string of the molecule is N#Cc1ccc(F)c(CN2CCNCC2=O)c1. The van der Waals surface area contributed by atoms with Crippen LogP contribution in [0.1, 0.15) is 11.1 Å². The number of nitrogens with one attached hydrogen (secondary N) is 1. The zero-order valence-electron chi connectivity index (χ0n) is 9.24. The van der Waals surface area contributed by atoms with Gasteiger partial charge in [-0.05, 0) is 18.2 Å². The predicted octanol–water partition coefficient (Wildman–Crippen LogP) is 0.629. The van der Waals surface area contributed by atoms with E-state index in [0.717, 1.165) is 0 Å². The third-order valence-electron chi connectivity index (χ3n) is 2.72. The molecular formula is C12H12FN3O. The lowest BCUT2D eigenvalue weighted by Crippen LogP contribution is -2.47. The normalized spacial score (nSPS) is 15.8. The molecule has 0 radical (unpaired) electrons. The van der Waals surface area contributed by atoms with E-state index in [1.165, 1.54) is 18.2 Å². The molecule has 0 bridgehead atoms. The molecule has 1 heterocycles. The summed E-state index contributed by atoms with van der Waals surface area (Å²) in [4.78, 5) is 13.1. The van der Waals surface area contributed by atoms with Crippen LogP contribution in [0.2, 0.25) is 0 Å². The summed E-state index contributed by atoms with van der Waals surface area (Å²) in [6.07, 6.45) is 0. The summed E-state index contributed by atoms with van der Waals surface area (Å²) in [5, 5.41) is 11.7. The quantitative estimate of drug-likeness (QED) is 0.815. The molecule has 2 rings (SSSR count). The minimum Gasteiger partial charge on any atom is -0.336 e. The fourth-order valence-corrected chi connectivity index (χ4v) is 1.78. The van der Waals surface area contributed by atoms with Gasteiger partial charge >= 0.3 is 0 Å². The van der Waals surface area contributed by atoms with E-state index in [1.54, 1.807) is 4.90 Å². The number of carbonyl (C=O) groups is 1. The molecule has 1 fully saturated rings. The van der Waals surface area contributed by atoms with Crippen LogP contribution in [0.3, 0.4) is 0 Å². The number of piperazine rings is 1. The van der Waals surface area contributed by atoms with Crippen LogP contribution in [0.15, 0.2) is 18.2 Å². The van der Waals surface area contributed by atoms with Gasteiger partial charge in [0.15, 0.2) is 0 Å². The monoisotopic (exact) mass is 233 g/mol. The predicted molar refractivity (Wildman–Crippen MR) is 59.4 cm³/mol. The lowest BCUT2D eigenvalue weighted by atomic mass is 10.1. The van der Waals surface area contributed by atoms with Gasteiger partial charge in [-0.2, -0.15) is 5.26 Å². The number of benzene rings is 1. The molecule has 0 aromatic heterocycles. The Hall–Kier alpha value is -1.93. The molecule has 1 aromatic carbocycles. The molecule has 88 valence electrons. The molecule has 1 aliphatic rings. The smallest absolute Gasteiger partial charge is 0.236 e. The molecule has 1 saturated heterocycles. The number of rotatable bonds is 2. The Labute approximate surface area is 98.6 Å². The lowest BCUT2D eigenvalue weighted by Gasteiger charge is -2.27. The Bertz CT molecular complexity index is 481. The largest absolute Gasteiger partial charge is 0.336 e. The van der Waals surface area contributed by atoms with Gasteiger partial charge < -0.3 is 10.2 Å². The number of nitriles is 1. The van der Waals surface area contributed by atoms with Crippen molar-refractivity contribution < 1.29 is 9.18 Å². The first kappa shape index (κ1) is 11.6. The van der Waals surface area contributed by atoms with E-state index in [2.05, 4.69) is 5.32 Å². The van der Waals surface area contributed by atoms with Gasteiger partial charge in [0.05, 0.1) is 18.2 Å². The van der Waals surface area contributed by atoms with Crippen molar-refractivity contribution in [1.82, 2.24) is 10.2 Å². The summed E-state index contributed by atoms with van der Waals surface area (Å²) in [5.74, 6) is -0.423. The first-order chi connectivity index (χ1) is 8.20. The number of carbonyl (C=O) groups excluding carboxylic acids is 1. The lowest BCUT2D eigenvalue weighted by molar-refractivity contribution is -0.132. The van der Waals surface area contributed by atoms with Crippen molar-refractivity contribution >= 4 is 5.91 Å².